The normalized spacial score (nSPS) is 14.7. The van der Waals surface area contributed by atoms with Crippen molar-refractivity contribution in [1.82, 2.24) is 0 Å². The number of halogens is 2. The summed E-state index contributed by atoms with van der Waals surface area (Å²) in [7, 11) is 0. The van der Waals surface area contributed by atoms with Gasteiger partial charge in [-0.3, -0.25) is 0 Å². The smallest absolute Gasteiger partial charge is 0.126 e. The number of aldehydes is 1. The van der Waals surface area contributed by atoms with Crippen molar-refractivity contribution >= 4 is 17.9 Å². The molecule has 0 spiro atoms. The number of aliphatic hydroxyl groups is 1. The highest BCUT2D eigenvalue weighted by Crippen LogP contribution is 2.21. The lowest BCUT2D eigenvalue weighted by molar-refractivity contribution is -0.111. The van der Waals surface area contributed by atoms with Crippen LogP contribution in [0, 0.1) is 5.82 Å². The fourth-order valence-corrected chi connectivity index (χ4v) is 1.54. The first kappa shape index (κ1) is 12.1. The largest absolute Gasteiger partial charge is 0.389 e. The van der Waals surface area contributed by atoms with E-state index in [1.54, 1.807) is 0 Å². The zero-order valence-electron chi connectivity index (χ0n) is 8.34. The highest BCUT2D eigenvalue weighted by atomic mass is 35.5. The molecule has 82 valence electrons. The third kappa shape index (κ3) is 3.61. The first-order valence-corrected chi connectivity index (χ1v) is 4.92. The molecular weight excluding hydrogens is 219 g/mol. The summed E-state index contributed by atoms with van der Waals surface area (Å²) in [4.78, 5) is 10.3. The third-order valence-corrected chi connectivity index (χ3v) is 2.34. The second kappa shape index (κ2) is 4.73. The average molecular weight is 231 g/mol. The molecule has 0 amide bonds. The third-order valence-electron chi connectivity index (χ3n) is 2.10. The van der Waals surface area contributed by atoms with Gasteiger partial charge < -0.3 is 9.90 Å². The summed E-state index contributed by atoms with van der Waals surface area (Å²) in [5.41, 5.74) is -0.915. The van der Waals surface area contributed by atoms with Crippen molar-refractivity contribution < 1.29 is 14.3 Å². The van der Waals surface area contributed by atoms with Crippen LogP contribution in [0.4, 0.5) is 4.39 Å². The number of benzene rings is 1. The van der Waals surface area contributed by atoms with Crippen LogP contribution in [0.3, 0.4) is 0 Å². The van der Waals surface area contributed by atoms with Gasteiger partial charge in [-0.25, -0.2) is 4.39 Å². The molecule has 1 aromatic rings. The highest BCUT2D eigenvalue weighted by Gasteiger charge is 2.22. The summed E-state index contributed by atoms with van der Waals surface area (Å²) in [5.74, 6) is -0.425. The predicted molar refractivity (Wildman–Crippen MR) is 56.4 cm³/mol. The molecule has 0 radical (unpaired) electrons. The lowest BCUT2D eigenvalue weighted by Crippen LogP contribution is -2.28. The monoisotopic (exact) mass is 230 g/mol. The Balaban J connectivity index is 2.88. The Morgan fingerprint density at radius 2 is 2.27 bits per heavy atom. The molecule has 1 rings (SSSR count). The molecule has 1 N–H and O–H groups in total. The molecule has 0 aromatic heterocycles. The molecule has 0 aliphatic carbocycles. The van der Waals surface area contributed by atoms with Crippen LogP contribution in [-0.4, -0.2) is 17.0 Å². The van der Waals surface area contributed by atoms with E-state index in [1.807, 2.05) is 0 Å². The van der Waals surface area contributed by atoms with Gasteiger partial charge in [0.1, 0.15) is 12.1 Å². The van der Waals surface area contributed by atoms with Crippen LogP contribution >= 0.6 is 11.6 Å². The lowest BCUT2D eigenvalue weighted by Gasteiger charge is -2.20. The number of hydrogen-bond acceptors (Lipinski definition) is 2. The van der Waals surface area contributed by atoms with E-state index in [0.29, 0.717) is 16.9 Å². The molecule has 1 unspecified atom stereocenters. The molecule has 0 heterocycles. The van der Waals surface area contributed by atoms with Crippen LogP contribution in [-0.2, 0) is 11.2 Å². The average Bonchev–Trinajstić information content (AvgIpc) is 2.10. The van der Waals surface area contributed by atoms with Crippen molar-refractivity contribution in [3.05, 3.63) is 34.6 Å². The zero-order chi connectivity index (χ0) is 11.5. The lowest BCUT2D eigenvalue weighted by atomic mass is 9.94. The van der Waals surface area contributed by atoms with Gasteiger partial charge >= 0.3 is 0 Å². The quantitative estimate of drug-likeness (QED) is 0.807. The van der Waals surface area contributed by atoms with E-state index in [9.17, 15) is 14.3 Å². The molecular formula is C11H12ClFO2. The molecule has 0 fully saturated rings. The standard InChI is InChI=1S/C11H12ClFO2/c1-11(15,4-5-14)7-8-6-9(12)2-3-10(8)13/h2-3,5-6,15H,4,7H2,1H3. The van der Waals surface area contributed by atoms with Gasteiger partial charge in [0.25, 0.3) is 0 Å². The summed E-state index contributed by atoms with van der Waals surface area (Å²) in [5, 5.41) is 10.2. The zero-order valence-corrected chi connectivity index (χ0v) is 9.09. The van der Waals surface area contributed by atoms with E-state index in [0.717, 1.165) is 0 Å². The molecule has 0 aliphatic heterocycles. The second-order valence-electron chi connectivity index (χ2n) is 3.78. The van der Waals surface area contributed by atoms with Gasteiger partial charge in [-0.2, -0.15) is 0 Å². The van der Waals surface area contributed by atoms with Crippen LogP contribution in [0.15, 0.2) is 18.2 Å². The predicted octanol–water partition coefficient (Wildman–Crippen LogP) is 2.36. The van der Waals surface area contributed by atoms with Crippen molar-refractivity contribution in [1.29, 1.82) is 0 Å². The molecule has 1 atom stereocenters. The Morgan fingerprint density at radius 1 is 1.60 bits per heavy atom. The number of carbonyl (C=O) groups is 1. The van der Waals surface area contributed by atoms with E-state index >= 15 is 0 Å². The summed E-state index contributed by atoms with van der Waals surface area (Å²) in [6.07, 6.45) is 0.652. The first-order valence-electron chi connectivity index (χ1n) is 4.54. The van der Waals surface area contributed by atoms with Gasteiger partial charge in [-0.1, -0.05) is 11.6 Å². The summed E-state index contributed by atoms with van der Waals surface area (Å²) in [6, 6.07) is 4.14. The van der Waals surface area contributed by atoms with Crippen LogP contribution in [0.1, 0.15) is 18.9 Å². The Kier molecular flexibility index (Phi) is 3.83. The molecule has 1 aromatic carbocycles. The van der Waals surface area contributed by atoms with Gasteiger partial charge in [0.2, 0.25) is 0 Å². The van der Waals surface area contributed by atoms with E-state index in [-0.39, 0.29) is 12.8 Å². The maximum absolute atomic E-state index is 13.3. The van der Waals surface area contributed by atoms with Gasteiger partial charge in [0.15, 0.2) is 0 Å². The molecule has 0 saturated heterocycles. The van der Waals surface area contributed by atoms with Gasteiger partial charge in [0.05, 0.1) is 5.60 Å². The van der Waals surface area contributed by atoms with E-state index in [4.69, 9.17) is 11.6 Å². The SMILES string of the molecule is CC(O)(CC=O)Cc1cc(Cl)ccc1F. The molecule has 2 nitrogen and oxygen atoms in total. The number of rotatable bonds is 4. The van der Waals surface area contributed by atoms with Crippen LogP contribution in [0.25, 0.3) is 0 Å². The minimum absolute atomic E-state index is 0.0288. The Labute approximate surface area is 92.7 Å². The van der Waals surface area contributed by atoms with Crippen LogP contribution in [0.5, 0.6) is 0 Å². The van der Waals surface area contributed by atoms with E-state index in [2.05, 4.69) is 0 Å². The van der Waals surface area contributed by atoms with E-state index in [1.165, 1.54) is 25.1 Å². The fraction of sp³-hybridized carbons (Fsp3) is 0.364. The van der Waals surface area contributed by atoms with Crippen LogP contribution in [0.2, 0.25) is 5.02 Å². The second-order valence-corrected chi connectivity index (χ2v) is 4.22. The van der Waals surface area contributed by atoms with Crippen molar-refractivity contribution in [2.24, 2.45) is 0 Å². The minimum atomic E-state index is -1.23. The molecule has 15 heavy (non-hydrogen) atoms. The molecule has 0 aliphatic rings. The maximum Gasteiger partial charge on any atom is 0.126 e. The van der Waals surface area contributed by atoms with Crippen LogP contribution < -0.4 is 0 Å². The fourth-order valence-electron chi connectivity index (χ4n) is 1.34. The van der Waals surface area contributed by atoms with Crippen molar-refractivity contribution in [3.63, 3.8) is 0 Å². The number of hydrogen-bond donors (Lipinski definition) is 1. The summed E-state index contributed by atoms with van der Waals surface area (Å²) in [6.45, 7) is 1.49. The molecule has 0 saturated carbocycles. The minimum Gasteiger partial charge on any atom is -0.389 e. The summed E-state index contributed by atoms with van der Waals surface area (Å²) >= 11 is 5.70. The van der Waals surface area contributed by atoms with Crippen molar-refractivity contribution in [2.75, 3.05) is 0 Å². The Morgan fingerprint density at radius 3 is 2.87 bits per heavy atom. The van der Waals surface area contributed by atoms with Gasteiger partial charge in [-0.05, 0) is 30.7 Å². The molecule has 4 heteroatoms. The van der Waals surface area contributed by atoms with Gasteiger partial charge in [-0.15, -0.1) is 0 Å². The molecule has 0 bridgehead atoms. The van der Waals surface area contributed by atoms with Crippen molar-refractivity contribution in [3.8, 4) is 0 Å². The van der Waals surface area contributed by atoms with Gasteiger partial charge in [0, 0.05) is 17.9 Å². The highest BCUT2D eigenvalue weighted by molar-refractivity contribution is 6.30. The Hall–Kier alpha value is -0.930. The first-order chi connectivity index (χ1) is 6.94. The topological polar surface area (TPSA) is 37.3 Å². The summed E-state index contributed by atoms with van der Waals surface area (Å²) < 4.78 is 13.3. The van der Waals surface area contributed by atoms with E-state index < -0.39 is 11.4 Å². The number of carbonyl (C=O) groups excluding carboxylic acids is 1. The Bertz CT molecular complexity index is 364. The maximum atomic E-state index is 13.3. The van der Waals surface area contributed by atoms with Crippen molar-refractivity contribution in [2.45, 2.75) is 25.4 Å².